The summed E-state index contributed by atoms with van der Waals surface area (Å²) in [4.78, 5) is 0. The maximum atomic E-state index is 5.85. The van der Waals surface area contributed by atoms with Gasteiger partial charge in [0.15, 0.2) is 0 Å². The van der Waals surface area contributed by atoms with Crippen molar-refractivity contribution in [3.05, 3.63) is 29.8 Å². The molecule has 1 aromatic rings. The summed E-state index contributed by atoms with van der Waals surface area (Å²) in [5.41, 5.74) is 6.79. The van der Waals surface area contributed by atoms with Crippen LogP contribution in [0.3, 0.4) is 0 Å². The van der Waals surface area contributed by atoms with Gasteiger partial charge in [-0.15, -0.1) is 0 Å². The molecular weight excluding hydrogens is 198 g/mol. The summed E-state index contributed by atoms with van der Waals surface area (Å²) in [5, 5.41) is 0. The first kappa shape index (κ1) is 13.0. The first-order chi connectivity index (χ1) is 7.77. The maximum absolute atomic E-state index is 5.85. The first-order valence-electron chi connectivity index (χ1n) is 6.18. The molecule has 0 bridgehead atoms. The van der Waals surface area contributed by atoms with Crippen molar-refractivity contribution >= 4 is 0 Å². The average molecular weight is 221 g/mol. The zero-order valence-electron chi connectivity index (χ0n) is 10.4. The lowest BCUT2D eigenvalue weighted by molar-refractivity contribution is 0.249. The van der Waals surface area contributed by atoms with E-state index < -0.39 is 0 Å². The summed E-state index contributed by atoms with van der Waals surface area (Å²) >= 11 is 0. The third-order valence-electron chi connectivity index (χ3n) is 2.69. The Morgan fingerprint density at radius 3 is 2.75 bits per heavy atom. The second kappa shape index (κ2) is 7.29. The molecular formula is C14H23NO. The van der Waals surface area contributed by atoms with Crippen LogP contribution in [0.25, 0.3) is 0 Å². The van der Waals surface area contributed by atoms with Gasteiger partial charge in [0.1, 0.15) is 5.75 Å². The van der Waals surface area contributed by atoms with Crippen LogP contribution in [0.2, 0.25) is 0 Å². The lowest BCUT2D eigenvalue weighted by Crippen LogP contribution is -2.10. The van der Waals surface area contributed by atoms with Crippen LogP contribution >= 0.6 is 0 Å². The Hall–Kier alpha value is -1.02. The summed E-state index contributed by atoms with van der Waals surface area (Å²) in [6, 6.07) is 8.17. The van der Waals surface area contributed by atoms with Crippen LogP contribution in [-0.2, 0) is 6.42 Å². The van der Waals surface area contributed by atoms with E-state index >= 15 is 0 Å². The molecule has 1 aromatic carbocycles. The summed E-state index contributed by atoms with van der Waals surface area (Å²) in [6.07, 6.45) is 3.33. The molecule has 0 spiro atoms. The summed E-state index contributed by atoms with van der Waals surface area (Å²) in [5.74, 6) is 1.62. The van der Waals surface area contributed by atoms with Crippen LogP contribution in [0.15, 0.2) is 24.3 Å². The highest BCUT2D eigenvalue weighted by molar-refractivity contribution is 5.33. The molecule has 2 N–H and O–H groups in total. The highest BCUT2D eigenvalue weighted by Gasteiger charge is 2.05. The van der Waals surface area contributed by atoms with Crippen molar-refractivity contribution < 1.29 is 4.74 Å². The van der Waals surface area contributed by atoms with Crippen molar-refractivity contribution in [1.29, 1.82) is 0 Å². The van der Waals surface area contributed by atoms with Gasteiger partial charge < -0.3 is 10.5 Å². The molecule has 90 valence electrons. The zero-order valence-corrected chi connectivity index (χ0v) is 10.4. The molecule has 0 aliphatic carbocycles. The van der Waals surface area contributed by atoms with E-state index in [0.717, 1.165) is 18.8 Å². The molecule has 0 fully saturated rings. The largest absolute Gasteiger partial charge is 0.493 e. The Kier molecular flexibility index (Phi) is 5.94. The van der Waals surface area contributed by atoms with E-state index in [1.807, 2.05) is 18.2 Å². The van der Waals surface area contributed by atoms with Crippen molar-refractivity contribution in [2.45, 2.75) is 33.1 Å². The van der Waals surface area contributed by atoms with Crippen molar-refractivity contribution in [2.24, 2.45) is 11.7 Å². The lowest BCUT2D eigenvalue weighted by Gasteiger charge is -2.14. The third-order valence-corrected chi connectivity index (χ3v) is 2.69. The van der Waals surface area contributed by atoms with Crippen LogP contribution in [0.4, 0.5) is 0 Å². The second-order valence-corrected chi connectivity index (χ2v) is 4.35. The number of nitrogens with two attached hydrogens (primary N) is 1. The predicted molar refractivity (Wildman–Crippen MR) is 68.8 cm³/mol. The number of benzene rings is 1. The van der Waals surface area contributed by atoms with Crippen molar-refractivity contribution in [2.75, 3.05) is 13.2 Å². The third kappa shape index (κ3) is 4.23. The molecule has 0 aliphatic rings. The number of rotatable bonds is 7. The van der Waals surface area contributed by atoms with E-state index in [0.29, 0.717) is 12.5 Å². The molecule has 0 aliphatic heterocycles. The zero-order chi connectivity index (χ0) is 11.8. The Morgan fingerprint density at radius 2 is 2.06 bits per heavy atom. The smallest absolute Gasteiger partial charge is 0.122 e. The van der Waals surface area contributed by atoms with Crippen molar-refractivity contribution in [3.8, 4) is 5.75 Å². The van der Waals surface area contributed by atoms with Gasteiger partial charge in [0.25, 0.3) is 0 Å². The molecule has 1 unspecified atom stereocenters. The Balaban J connectivity index is 2.52. The van der Waals surface area contributed by atoms with E-state index in [-0.39, 0.29) is 0 Å². The fraction of sp³-hybridized carbons (Fsp3) is 0.571. The summed E-state index contributed by atoms with van der Waals surface area (Å²) in [6.45, 7) is 5.91. The average Bonchev–Trinajstić information content (AvgIpc) is 2.29. The second-order valence-electron chi connectivity index (χ2n) is 4.35. The van der Waals surface area contributed by atoms with E-state index in [4.69, 9.17) is 10.5 Å². The summed E-state index contributed by atoms with van der Waals surface area (Å²) < 4.78 is 5.85. The first-order valence-corrected chi connectivity index (χ1v) is 6.18. The molecule has 1 rings (SSSR count). The van der Waals surface area contributed by atoms with Gasteiger partial charge in [-0.3, -0.25) is 0 Å². The number of ether oxygens (including phenoxy) is 1. The van der Waals surface area contributed by atoms with Gasteiger partial charge in [-0.2, -0.15) is 0 Å². The normalized spacial score (nSPS) is 12.4. The minimum Gasteiger partial charge on any atom is -0.493 e. The minimum absolute atomic E-state index is 0.621. The predicted octanol–water partition coefficient (Wildman–Crippen LogP) is 3.00. The van der Waals surface area contributed by atoms with Gasteiger partial charge in [-0.1, -0.05) is 38.5 Å². The minimum atomic E-state index is 0.621. The molecule has 2 nitrogen and oxygen atoms in total. The number of hydrogen-bond acceptors (Lipinski definition) is 2. The molecule has 2 heteroatoms. The molecule has 1 atom stereocenters. The van der Waals surface area contributed by atoms with Gasteiger partial charge in [-0.05, 0) is 36.9 Å². The molecule has 0 heterocycles. The van der Waals surface area contributed by atoms with Crippen LogP contribution in [0.1, 0.15) is 32.3 Å². The maximum Gasteiger partial charge on any atom is 0.122 e. The quantitative estimate of drug-likeness (QED) is 0.768. The van der Waals surface area contributed by atoms with Crippen molar-refractivity contribution in [1.82, 2.24) is 0 Å². The van der Waals surface area contributed by atoms with Crippen LogP contribution in [0, 0.1) is 5.92 Å². The summed E-state index contributed by atoms with van der Waals surface area (Å²) in [7, 11) is 0. The Bertz CT molecular complexity index is 299. The fourth-order valence-corrected chi connectivity index (χ4v) is 1.81. The van der Waals surface area contributed by atoms with E-state index in [9.17, 15) is 0 Å². The van der Waals surface area contributed by atoms with Gasteiger partial charge in [0.2, 0.25) is 0 Å². The topological polar surface area (TPSA) is 35.2 Å². The molecule has 16 heavy (non-hydrogen) atoms. The van der Waals surface area contributed by atoms with Crippen molar-refractivity contribution in [3.63, 3.8) is 0 Å². The number of para-hydroxylation sites is 1. The van der Waals surface area contributed by atoms with Crippen LogP contribution in [0.5, 0.6) is 5.75 Å². The van der Waals surface area contributed by atoms with Crippen LogP contribution in [-0.4, -0.2) is 13.2 Å². The van der Waals surface area contributed by atoms with Gasteiger partial charge in [-0.25, -0.2) is 0 Å². The van der Waals surface area contributed by atoms with E-state index in [2.05, 4.69) is 19.9 Å². The van der Waals surface area contributed by atoms with E-state index in [1.165, 1.54) is 18.4 Å². The molecule has 0 radical (unpaired) electrons. The Morgan fingerprint density at radius 1 is 1.31 bits per heavy atom. The standard InChI is InChI=1S/C14H23NO/c1-3-6-12(2)11-16-14-8-5-4-7-13(14)9-10-15/h4-5,7-8,12H,3,6,9-11,15H2,1-2H3. The lowest BCUT2D eigenvalue weighted by atomic mass is 10.1. The fourth-order valence-electron chi connectivity index (χ4n) is 1.81. The van der Waals surface area contributed by atoms with E-state index in [1.54, 1.807) is 0 Å². The molecule has 0 saturated carbocycles. The molecule has 0 amide bonds. The van der Waals surface area contributed by atoms with Gasteiger partial charge >= 0.3 is 0 Å². The highest BCUT2D eigenvalue weighted by Crippen LogP contribution is 2.19. The Labute approximate surface area is 98.8 Å². The van der Waals surface area contributed by atoms with Crippen LogP contribution < -0.4 is 10.5 Å². The monoisotopic (exact) mass is 221 g/mol. The number of hydrogen-bond donors (Lipinski definition) is 1. The SMILES string of the molecule is CCCC(C)COc1ccccc1CCN. The molecule has 0 aromatic heterocycles. The van der Waals surface area contributed by atoms with Gasteiger partial charge in [0, 0.05) is 0 Å². The highest BCUT2D eigenvalue weighted by atomic mass is 16.5. The molecule has 0 saturated heterocycles. The van der Waals surface area contributed by atoms with Gasteiger partial charge in [0.05, 0.1) is 6.61 Å².